The third-order valence-electron chi connectivity index (χ3n) is 4.86. The van der Waals surface area contributed by atoms with E-state index in [0.717, 1.165) is 24.3 Å². The Morgan fingerprint density at radius 2 is 1.75 bits per heavy atom. The van der Waals surface area contributed by atoms with E-state index in [-0.39, 0.29) is 0 Å². The lowest BCUT2D eigenvalue weighted by Crippen LogP contribution is -2.37. The van der Waals surface area contributed by atoms with E-state index in [1.807, 2.05) is 0 Å². The smallest absolute Gasteiger partial charge is 0.00817 e. The predicted octanol–water partition coefficient (Wildman–Crippen LogP) is 4.81. The summed E-state index contributed by atoms with van der Waals surface area (Å²) in [7, 11) is 0. The molecule has 1 aromatic carbocycles. The molecule has 1 nitrogen and oxygen atoms in total. The molecule has 1 aromatic rings. The molecule has 3 unspecified atom stereocenters. The minimum Gasteiger partial charge on any atom is -0.311 e. The van der Waals surface area contributed by atoms with Crippen LogP contribution in [0.3, 0.4) is 0 Å². The van der Waals surface area contributed by atoms with Gasteiger partial charge >= 0.3 is 0 Å². The summed E-state index contributed by atoms with van der Waals surface area (Å²) in [4.78, 5) is 0. The van der Waals surface area contributed by atoms with Gasteiger partial charge in [-0.05, 0) is 50.0 Å². The van der Waals surface area contributed by atoms with Gasteiger partial charge < -0.3 is 5.32 Å². The average Bonchev–Trinajstić information content (AvgIpc) is 2.65. The second kappa shape index (κ2) is 7.83. The first-order valence-electron chi connectivity index (χ1n) is 8.45. The molecule has 0 aromatic heterocycles. The van der Waals surface area contributed by atoms with Crippen molar-refractivity contribution in [3.05, 3.63) is 35.9 Å². The second-order valence-corrected chi connectivity index (χ2v) is 6.97. The number of hydrogen-bond acceptors (Lipinski definition) is 1. The van der Waals surface area contributed by atoms with Crippen molar-refractivity contribution >= 4 is 0 Å². The van der Waals surface area contributed by atoms with Crippen molar-refractivity contribution in [1.82, 2.24) is 5.32 Å². The topological polar surface area (TPSA) is 12.0 Å². The van der Waals surface area contributed by atoms with Crippen LogP contribution in [0.25, 0.3) is 0 Å². The maximum atomic E-state index is 3.87. The molecule has 0 spiro atoms. The van der Waals surface area contributed by atoms with Gasteiger partial charge in [0.25, 0.3) is 0 Å². The largest absolute Gasteiger partial charge is 0.311 e. The van der Waals surface area contributed by atoms with Crippen LogP contribution in [0, 0.1) is 11.8 Å². The van der Waals surface area contributed by atoms with E-state index in [0.29, 0.717) is 6.04 Å². The van der Waals surface area contributed by atoms with E-state index in [2.05, 4.69) is 56.4 Å². The maximum absolute atomic E-state index is 3.87. The zero-order chi connectivity index (χ0) is 14.4. The summed E-state index contributed by atoms with van der Waals surface area (Å²) in [6.07, 6.45) is 8.12. The lowest BCUT2D eigenvalue weighted by molar-refractivity contribution is 0.334. The molecule has 0 bridgehead atoms. The molecule has 3 atom stereocenters. The molecule has 2 rings (SSSR count). The highest BCUT2D eigenvalue weighted by atomic mass is 14.9. The first-order chi connectivity index (χ1) is 9.65. The molecule has 1 heteroatoms. The molecule has 0 aliphatic heterocycles. The summed E-state index contributed by atoms with van der Waals surface area (Å²) in [5.41, 5.74) is 1.45. The van der Waals surface area contributed by atoms with Crippen LogP contribution in [-0.4, -0.2) is 12.1 Å². The SMILES string of the molecule is CC(Cc1ccccc1)NC1CCCC(C(C)C)CC1. The Labute approximate surface area is 125 Å². The lowest BCUT2D eigenvalue weighted by Gasteiger charge is -2.23. The summed E-state index contributed by atoms with van der Waals surface area (Å²) in [5, 5.41) is 3.87. The van der Waals surface area contributed by atoms with E-state index in [1.54, 1.807) is 0 Å². The van der Waals surface area contributed by atoms with Gasteiger partial charge in [0, 0.05) is 12.1 Å². The molecule has 1 saturated carbocycles. The Morgan fingerprint density at radius 3 is 2.45 bits per heavy atom. The van der Waals surface area contributed by atoms with Crippen molar-refractivity contribution in [2.75, 3.05) is 0 Å². The van der Waals surface area contributed by atoms with Gasteiger partial charge in [0.2, 0.25) is 0 Å². The molecular weight excluding hydrogens is 242 g/mol. The molecule has 1 aliphatic carbocycles. The van der Waals surface area contributed by atoms with E-state index in [9.17, 15) is 0 Å². The Morgan fingerprint density at radius 1 is 1.00 bits per heavy atom. The van der Waals surface area contributed by atoms with Crippen LogP contribution < -0.4 is 5.32 Å². The van der Waals surface area contributed by atoms with Crippen LogP contribution in [0.5, 0.6) is 0 Å². The second-order valence-electron chi connectivity index (χ2n) is 6.97. The maximum Gasteiger partial charge on any atom is 0.00817 e. The van der Waals surface area contributed by atoms with Crippen LogP contribution in [0.4, 0.5) is 0 Å². The first kappa shape index (κ1) is 15.6. The van der Waals surface area contributed by atoms with Crippen molar-refractivity contribution in [3.8, 4) is 0 Å². The Bertz CT molecular complexity index is 371. The van der Waals surface area contributed by atoms with Gasteiger partial charge in [-0.3, -0.25) is 0 Å². The van der Waals surface area contributed by atoms with Gasteiger partial charge in [-0.25, -0.2) is 0 Å². The van der Waals surface area contributed by atoms with Crippen LogP contribution >= 0.6 is 0 Å². The minimum absolute atomic E-state index is 0.581. The molecule has 1 N–H and O–H groups in total. The third-order valence-corrected chi connectivity index (χ3v) is 4.86. The molecular formula is C19H31N. The van der Waals surface area contributed by atoms with Crippen LogP contribution in [-0.2, 0) is 6.42 Å². The molecule has 0 amide bonds. The highest BCUT2D eigenvalue weighted by Gasteiger charge is 2.21. The fourth-order valence-electron chi connectivity index (χ4n) is 3.59. The highest BCUT2D eigenvalue weighted by Crippen LogP contribution is 2.29. The van der Waals surface area contributed by atoms with Gasteiger partial charge in [0.1, 0.15) is 0 Å². The van der Waals surface area contributed by atoms with Crippen molar-refractivity contribution < 1.29 is 0 Å². The molecule has 1 aliphatic rings. The fraction of sp³-hybridized carbons (Fsp3) is 0.684. The molecule has 112 valence electrons. The average molecular weight is 273 g/mol. The quantitative estimate of drug-likeness (QED) is 0.759. The summed E-state index contributed by atoms with van der Waals surface area (Å²) in [5.74, 6) is 1.81. The molecule has 1 fully saturated rings. The van der Waals surface area contributed by atoms with Crippen molar-refractivity contribution in [3.63, 3.8) is 0 Å². The summed E-state index contributed by atoms with van der Waals surface area (Å²) in [6.45, 7) is 7.10. The fourth-order valence-corrected chi connectivity index (χ4v) is 3.59. The van der Waals surface area contributed by atoms with E-state index < -0.39 is 0 Å². The zero-order valence-electron chi connectivity index (χ0n) is 13.4. The number of hydrogen-bond donors (Lipinski definition) is 1. The normalized spacial score (nSPS) is 25.4. The summed E-state index contributed by atoms with van der Waals surface area (Å²) >= 11 is 0. The van der Waals surface area contributed by atoms with Crippen LogP contribution in [0.15, 0.2) is 30.3 Å². The van der Waals surface area contributed by atoms with Gasteiger partial charge in [0.15, 0.2) is 0 Å². The van der Waals surface area contributed by atoms with Gasteiger partial charge in [0.05, 0.1) is 0 Å². The third kappa shape index (κ3) is 4.94. The zero-order valence-corrected chi connectivity index (χ0v) is 13.4. The van der Waals surface area contributed by atoms with Crippen molar-refractivity contribution in [1.29, 1.82) is 0 Å². The lowest BCUT2D eigenvalue weighted by atomic mass is 9.89. The van der Waals surface area contributed by atoms with Crippen LogP contribution in [0.2, 0.25) is 0 Å². The van der Waals surface area contributed by atoms with Gasteiger partial charge in [-0.15, -0.1) is 0 Å². The van der Waals surface area contributed by atoms with Gasteiger partial charge in [-0.1, -0.05) is 57.0 Å². The Hall–Kier alpha value is -0.820. The number of benzene rings is 1. The molecule has 0 saturated heterocycles. The van der Waals surface area contributed by atoms with Crippen molar-refractivity contribution in [2.24, 2.45) is 11.8 Å². The Kier molecular flexibility index (Phi) is 6.09. The van der Waals surface area contributed by atoms with Crippen LogP contribution in [0.1, 0.15) is 58.4 Å². The van der Waals surface area contributed by atoms with E-state index in [4.69, 9.17) is 0 Å². The monoisotopic (exact) mass is 273 g/mol. The standard InChI is InChI=1S/C19H31N/c1-15(2)18-10-7-11-19(13-12-18)20-16(3)14-17-8-5-4-6-9-17/h4-6,8-9,15-16,18-20H,7,10-14H2,1-3H3. The molecule has 0 heterocycles. The highest BCUT2D eigenvalue weighted by molar-refractivity contribution is 5.15. The van der Waals surface area contributed by atoms with E-state index >= 15 is 0 Å². The number of nitrogens with one attached hydrogen (secondary N) is 1. The Balaban J connectivity index is 1.78. The first-order valence-corrected chi connectivity index (χ1v) is 8.45. The summed E-state index contributed by atoms with van der Waals surface area (Å²) in [6, 6.07) is 12.2. The van der Waals surface area contributed by atoms with Crippen molar-refractivity contribution in [2.45, 2.75) is 71.4 Å². The number of rotatable bonds is 5. The predicted molar refractivity (Wildman–Crippen MR) is 87.9 cm³/mol. The molecule has 20 heavy (non-hydrogen) atoms. The van der Waals surface area contributed by atoms with E-state index in [1.165, 1.54) is 37.7 Å². The van der Waals surface area contributed by atoms with Gasteiger partial charge in [-0.2, -0.15) is 0 Å². The molecule has 0 radical (unpaired) electrons. The minimum atomic E-state index is 0.581. The summed E-state index contributed by atoms with van der Waals surface area (Å²) < 4.78 is 0.